The summed E-state index contributed by atoms with van der Waals surface area (Å²) in [5.74, 6) is -0.0635. The van der Waals surface area contributed by atoms with E-state index in [0.717, 1.165) is 5.69 Å². The maximum atomic E-state index is 12.9. The van der Waals surface area contributed by atoms with E-state index in [1.54, 1.807) is 12.1 Å². The molecule has 9 heteroatoms. The number of H-pyrrole nitrogens is 1. The second-order valence-corrected chi connectivity index (χ2v) is 6.12. The Hall–Kier alpha value is -3.23. The van der Waals surface area contributed by atoms with Crippen LogP contribution in [-0.4, -0.2) is 59.2 Å². The fraction of sp³-hybridized carbons (Fsp3) is 0.389. The highest BCUT2D eigenvalue weighted by Gasteiger charge is 2.35. The van der Waals surface area contributed by atoms with Gasteiger partial charge in [-0.1, -0.05) is 0 Å². The molecule has 0 saturated carbocycles. The third-order valence-electron chi connectivity index (χ3n) is 4.58. The second-order valence-electron chi connectivity index (χ2n) is 6.12. The lowest BCUT2D eigenvalue weighted by Gasteiger charge is -2.32. The average Bonchev–Trinajstić information content (AvgIpc) is 3.13. The third-order valence-corrected chi connectivity index (χ3v) is 4.58. The molecule has 9 nitrogen and oxygen atoms in total. The number of fused-ring (bicyclic) bond motifs is 1. The number of nitrogens with zero attached hydrogens (tertiary/aromatic N) is 2. The van der Waals surface area contributed by atoms with Crippen molar-refractivity contribution in [2.75, 3.05) is 21.3 Å². The van der Waals surface area contributed by atoms with Crippen LogP contribution in [0.4, 0.5) is 0 Å². The Morgan fingerprint density at radius 1 is 1.22 bits per heavy atom. The van der Waals surface area contributed by atoms with E-state index in [2.05, 4.69) is 9.97 Å². The summed E-state index contributed by atoms with van der Waals surface area (Å²) in [4.78, 5) is 33.0. The summed E-state index contributed by atoms with van der Waals surface area (Å²) in [6, 6.07) is 2.41. The molecule has 0 saturated heterocycles. The monoisotopic (exact) mass is 375 g/mol. The van der Waals surface area contributed by atoms with Crippen LogP contribution in [0.15, 0.2) is 18.5 Å². The number of carboxylic acid groups (broad SMARTS) is 1. The zero-order valence-electron chi connectivity index (χ0n) is 15.3. The molecule has 3 rings (SSSR count). The van der Waals surface area contributed by atoms with Gasteiger partial charge in [-0.3, -0.25) is 4.79 Å². The van der Waals surface area contributed by atoms with Gasteiger partial charge >= 0.3 is 5.97 Å². The predicted octanol–water partition coefficient (Wildman–Crippen LogP) is 1.02. The van der Waals surface area contributed by atoms with Crippen LogP contribution >= 0.6 is 0 Å². The van der Waals surface area contributed by atoms with Crippen LogP contribution in [0, 0.1) is 0 Å². The Bertz CT molecular complexity index is 838. The van der Waals surface area contributed by atoms with E-state index in [9.17, 15) is 14.7 Å². The predicted molar refractivity (Wildman–Crippen MR) is 94.1 cm³/mol. The van der Waals surface area contributed by atoms with Crippen molar-refractivity contribution in [3.05, 3.63) is 35.4 Å². The SMILES string of the molecule is COc1cc(CC(=O)N2Cc3[nH]cnc3C[C@H]2C(=O)O)cc(OC)c1OC. The highest BCUT2D eigenvalue weighted by atomic mass is 16.5. The molecule has 0 aliphatic carbocycles. The van der Waals surface area contributed by atoms with Crippen LogP contribution in [0.1, 0.15) is 17.0 Å². The molecule has 0 spiro atoms. The summed E-state index contributed by atoms with van der Waals surface area (Å²) < 4.78 is 15.9. The summed E-state index contributed by atoms with van der Waals surface area (Å²) in [6.45, 7) is 0.176. The molecule has 2 N–H and O–H groups in total. The van der Waals surface area contributed by atoms with Gasteiger partial charge in [0.05, 0.1) is 52.0 Å². The molecule has 1 aliphatic rings. The molecule has 2 aromatic rings. The number of ether oxygens (including phenoxy) is 3. The molecule has 0 radical (unpaired) electrons. The number of hydrogen-bond donors (Lipinski definition) is 2. The Balaban J connectivity index is 1.87. The van der Waals surface area contributed by atoms with Crippen molar-refractivity contribution in [3.63, 3.8) is 0 Å². The first-order valence-corrected chi connectivity index (χ1v) is 8.30. The van der Waals surface area contributed by atoms with E-state index in [0.29, 0.717) is 28.5 Å². The number of imidazole rings is 1. The van der Waals surface area contributed by atoms with Gasteiger partial charge < -0.3 is 29.2 Å². The maximum Gasteiger partial charge on any atom is 0.326 e. The third kappa shape index (κ3) is 3.53. The van der Waals surface area contributed by atoms with Crippen LogP contribution < -0.4 is 14.2 Å². The van der Waals surface area contributed by atoms with Crippen molar-refractivity contribution in [2.24, 2.45) is 0 Å². The van der Waals surface area contributed by atoms with Gasteiger partial charge in [0.25, 0.3) is 0 Å². The molecule has 1 atom stereocenters. The van der Waals surface area contributed by atoms with Crippen molar-refractivity contribution in [3.8, 4) is 17.2 Å². The summed E-state index contributed by atoms with van der Waals surface area (Å²) in [5.41, 5.74) is 2.07. The number of carboxylic acids is 1. The largest absolute Gasteiger partial charge is 0.493 e. The molecular weight excluding hydrogens is 354 g/mol. The lowest BCUT2D eigenvalue weighted by atomic mass is 10.0. The topological polar surface area (TPSA) is 114 Å². The number of rotatable bonds is 6. The number of nitrogens with one attached hydrogen (secondary N) is 1. The molecule has 0 fully saturated rings. The number of aromatic nitrogens is 2. The number of aromatic amines is 1. The zero-order chi connectivity index (χ0) is 19.6. The van der Waals surface area contributed by atoms with E-state index < -0.39 is 12.0 Å². The van der Waals surface area contributed by atoms with Gasteiger partial charge in [-0.15, -0.1) is 0 Å². The smallest absolute Gasteiger partial charge is 0.326 e. The Morgan fingerprint density at radius 3 is 2.44 bits per heavy atom. The standard InChI is InChI=1S/C18H21N3O6/c1-25-14-4-10(5-15(26-2)17(14)27-3)6-16(22)21-8-12-11(19-9-20-12)7-13(21)18(23)24/h4-5,9,13H,6-8H2,1-3H3,(H,19,20)(H,23,24)/t13-/m0/s1. The quantitative estimate of drug-likeness (QED) is 0.775. The lowest BCUT2D eigenvalue weighted by molar-refractivity contribution is -0.151. The number of hydrogen-bond acceptors (Lipinski definition) is 6. The van der Waals surface area contributed by atoms with Crippen LogP contribution in [0.25, 0.3) is 0 Å². The van der Waals surface area contributed by atoms with Gasteiger partial charge in [0.2, 0.25) is 11.7 Å². The molecular formula is C18H21N3O6. The van der Waals surface area contributed by atoms with Crippen molar-refractivity contribution >= 4 is 11.9 Å². The van der Waals surface area contributed by atoms with Gasteiger partial charge in [-0.2, -0.15) is 0 Å². The molecule has 1 aromatic heterocycles. The number of carbonyl (C=O) groups excluding carboxylic acids is 1. The number of aliphatic carboxylic acids is 1. The summed E-state index contributed by atoms with van der Waals surface area (Å²) >= 11 is 0. The Labute approximate surface area is 155 Å². The summed E-state index contributed by atoms with van der Waals surface area (Å²) in [7, 11) is 4.49. The molecule has 1 aliphatic heterocycles. The molecule has 0 bridgehead atoms. The summed E-state index contributed by atoms with van der Waals surface area (Å²) in [6.07, 6.45) is 1.69. The molecule has 144 valence electrons. The van der Waals surface area contributed by atoms with Gasteiger partial charge in [0.15, 0.2) is 11.5 Å². The Kier molecular flexibility index (Phi) is 5.20. The van der Waals surface area contributed by atoms with E-state index in [4.69, 9.17) is 14.2 Å². The average molecular weight is 375 g/mol. The van der Waals surface area contributed by atoms with E-state index in [1.165, 1.54) is 32.6 Å². The molecule has 2 heterocycles. The van der Waals surface area contributed by atoms with Crippen molar-refractivity contribution in [1.29, 1.82) is 0 Å². The minimum atomic E-state index is -1.05. The molecule has 27 heavy (non-hydrogen) atoms. The number of benzene rings is 1. The van der Waals surface area contributed by atoms with Gasteiger partial charge in [-0.05, 0) is 17.7 Å². The van der Waals surface area contributed by atoms with Gasteiger partial charge in [-0.25, -0.2) is 9.78 Å². The lowest BCUT2D eigenvalue weighted by Crippen LogP contribution is -2.49. The molecule has 1 amide bonds. The fourth-order valence-corrected chi connectivity index (χ4v) is 3.23. The minimum Gasteiger partial charge on any atom is -0.493 e. The van der Waals surface area contributed by atoms with E-state index in [-0.39, 0.29) is 25.3 Å². The van der Waals surface area contributed by atoms with E-state index >= 15 is 0 Å². The van der Waals surface area contributed by atoms with Crippen LogP contribution in [-0.2, 0) is 29.0 Å². The Morgan fingerprint density at radius 2 is 1.89 bits per heavy atom. The first-order chi connectivity index (χ1) is 13.0. The van der Waals surface area contributed by atoms with Crippen molar-refractivity contribution < 1.29 is 28.9 Å². The van der Waals surface area contributed by atoms with Gasteiger partial charge in [0.1, 0.15) is 6.04 Å². The molecule has 0 unspecified atom stereocenters. The van der Waals surface area contributed by atoms with Crippen LogP contribution in [0.2, 0.25) is 0 Å². The first kappa shape index (κ1) is 18.6. The highest BCUT2D eigenvalue weighted by molar-refractivity contribution is 5.86. The van der Waals surface area contributed by atoms with Crippen LogP contribution in [0.3, 0.4) is 0 Å². The van der Waals surface area contributed by atoms with Crippen molar-refractivity contribution in [2.45, 2.75) is 25.4 Å². The normalized spacial score (nSPS) is 15.8. The highest BCUT2D eigenvalue weighted by Crippen LogP contribution is 2.38. The summed E-state index contributed by atoms with van der Waals surface area (Å²) in [5, 5.41) is 9.53. The molecule has 1 aromatic carbocycles. The number of methoxy groups -OCH3 is 3. The van der Waals surface area contributed by atoms with Gasteiger partial charge in [0, 0.05) is 6.42 Å². The number of amides is 1. The second kappa shape index (κ2) is 7.56. The first-order valence-electron chi connectivity index (χ1n) is 8.30. The minimum absolute atomic E-state index is 0.00393. The van der Waals surface area contributed by atoms with Crippen molar-refractivity contribution in [1.82, 2.24) is 14.9 Å². The van der Waals surface area contributed by atoms with Crippen LogP contribution in [0.5, 0.6) is 17.2 Å². The zero-order valence-corrected chi connectivity index (χ0v) is 15.3. The van der Waals surface area contributed by atoms with E-state index in [1.807, 2.05) is 0 Å². The maximum absolute atomic E-state index is 12.9. The fourth-order valence-electron chi connectivity index (χ4n) is 3.23. The number of carbonyl (C=O) groups is 2.